The average Bonchev–Trinajstić information content (AvgIpc) is 2.30. The first kappa shape index (κ1) is 19.0. The Balaban J connectivity index is 4.15. The Bertz CT molecular complexity index is 365. The Kier molecular flexibility index (Phi) is 8.85. The van der Waals surface area contributed by atoms with Crippen molar-refractivity contribution in [1.82, 2.24) is 0 Å². The standard InChI is InChI=1S/C9H15ClN2O9/c1-6(20-11(14)15)8(21-12(16)17)4-3-5-18-9(13)19-7(2)10/h6-8H,3-5H2,1-2H3/t6-,7?,8-/m1/s1. The average molecular weight is 331 g/mol. The van der Waals surface area contributed by atoms with E-state index in [4.69, 9.17) is 11.6 Å². The van der Waals surface area contributed by atoms with Crippen molar-refractivity contribution in [1.29, 1.82) is 0 Å². The maximum Gasteiger partial charge on any atom is 0.509 e. The minimum atomic E-state index is -1.17. The quantitative estimate of drug-likeness (QED) is 0.192. The van der Waals surface area contributed by atoms with Gasteiger partial charge in [0.1, 0.15) is 12.2 Å². The van der Waals surface area contributed by atoms with Crippen molar-refractivity contribution < 1.29 is 34.1 Å². The van der Waals surface area contributed by atoms with Gasteiger partial charge in [-0.25, -0.2) is 4.79 Å². The van der Waals surface area contributed by atoms with Crippen LogP contribution in [0.1, 0.15) is 26.7 Å². The number of halogens is 1. The SMILES string of the molecule is CC(Cl)OC(=O)OCCC[C@@H](O[N+](=O)[O-])[C@@H](C)O[N+](=O)[O-]. The van der Waals surface area contributed by atoms with Gasteiger partial charge in [-0.3, -0.25) is 0 Å². The normalized spacial score (nSPS) is 14.4. The van der Waals surface area contributed by atoms with Gasteiger partial charge in [0.25, 0.3) is 10.2 Å². The van der Waals surface area contributed by atoms with E-state index in [0.29, 0.717) is 0 Å². The van der Waals surface area contributed by atoms with Crippen LogP contribution in [0, 0.1) is 20.2 Å². The van der Waals surface area contributed by atoms with Gasteiger partial charge in [-0.2, -0.15) is 0 Å². The van der Waals surface area contributed by atoms with E-state index in [1.54, 1.807) is 0 Å². The van der Waals surface area contributed by atoms with Gasteiger partial charge < -0.3 is 19.1 Å². The van der Waals surface area contributed by atoms with Crippen LogP contribution in [-0.4, -0.2) is 40.7 Å². The summed E-state index contributed by atoms with van der Waals surface area (Å²) in [7, 11) is 0. The van der Waals surface area contributed by atoms with E-state index in [-0.39, 0.29) is 19.4 Å². The molecule has 0 fully saturated rings. The Hall–Kier alpha value is -2.04. The van der Waals surface area contributed by atoms with Crippen LogP contribution in [-0.2, 0) is 19.1 Å². The van der Waals surface area contributed by atoms with Crippen LogP contribution in [0.2, 0.25) is 0 Å². The lowest BCUT2D eigenvalue weighted by Gasteiger charge is -2.19. The van der Waals surface area contributed by atoms with E-state index in [1.165, 1.54) is 13.8 Å². The molecule has 0 amide bonds. The van der Waals surface area contributed by atoms with Gasteiger partial charge in [0.05, 0.1) is 6.61 Å². The van der Waals surface area contributed by atoms with Crippen LogP contribution in [0.3, 0.4) is 0 Å². The number of nitrogens with zero attached hydrogens (tertiary/aromatic N) is 2. The smallest absolute Gasteiger partial charge is 0.434 e. The zero-order valence-electron chi connectivity index (χ0n) is 11.3. The predicted octanol–water partition coefficient (Wildman–Crippen LogP) is 1.68. The molecule has 11 nitrogen and oxygen atoms in total. The second-order valence-electron chi connectivity index (χ2n) is 3.80. The maximum atomic E-state index is 11.0. The van der Waals surface area contributed by atoms with Crippen molar-refractivity contribution in [3.63, 3.8) is 0 Å². The molecule has 0 bridgehead atoms. The largest absolute Gasteiger partial charge is 0.509 e. The van der Waals surface area contributed by atoms with Crippen LogP contribution in [0.4, 0.5) is 4.79 Å². The highest BCUT2D eigenvalue weighted by Crippen LogP contribution is 2.12. The summed E-state index contributed by atoms with van der Waals surface area (Å²) in [5.41, 5.74) is -0.850. The minimum absolute atomic E-state index is 0.000302. The van der Waals surface area contributed by atoms with Crippen molar-refractivity contribution in [3.05, 3.63) is 20.2 Å². The van der Waals surface area contributed by atoms with E-state index < -0.39 is 34.1 Å². The van der Waals surface area contributed by atoms with Crippen molar-refractivity contribution in [3.8, 4) is 0 Å². The van der Waals surface area contributed by atoms with Crippen LogP contribution >= 0.6 is 11.6 Å². The van der Waals surface area contributed by atoms with Gasteiger partial charge in [-0.15, -0.1) is 20.2 Å². The van der Waals surface area contributed by atoms with Crippen LogP contribution in [0.15, 0.2) is 0 Å². The second kappa shape index (κ2) is 9.80. The molecular formula is C9H15ClN2O9. The topological polar surface area (TPSA) is 140 Å². The van der Waals surface area contributed by atoms with Crippen molar-refractivity contribution in [2.45, 2.75) is 44.5 Å². The summed E-state index contributed by atoms with van der Waals surface area (Å²) in [6, 6.07) is 0. The molecule has 0 aliphatic carbocycles. The fourth-order valence-electron chi connectivity index (χ4n) is 1.29. The number of ether oxygens (including phenoxy) is 2. The summed E-state index contributed by atoms with van der Waals surface area (Å²) in [4.78, 5) is 39.9. The Morgan fingerprint density at radius 2 is 1.76 bits per heavy atom. The summed E-state index contributed by atoms with van der Waals surface area (Å²) in [5, 5.41) is 18.3. The molecule has 0 spiro atoms. The second-order valence-corrected chi connectivity index (χ2v) is 4.42. The first-order chi connectivity index (χ1) is 9.72. The molecule has 1 unspecified atom stereocenters. The van der Waals surface area contributed by atoms with E-state index in [9.17, 15) is 25.0 Å². The van der Waals surface area contributed by atoms with Crippen molar-refractivity contribution >= 4 is 17.8 Å². The third kappa shape index (κ3) is 10.4. The van der Waals surface area contributed by atoms with E-state index in [2.05, 4.69) is 19.1 Å². The van der Waals surface area contributed by atoms with Gasteiger partial charge in [0.2, 0.25) is 0 Å². The first-order valence-electron chi connectivity index (χ1n) is 5.82. The number of rotatable bonds is 10. The fraction of sp³-hybridized carbons (Fsp3) is 0.889. The lowest BCUT2D eigenvalue weighted by molar-refractivity contribution is -0.798. The van der Waals surface area contributed by atoms with Gasteiger partial charge in [-0.1, -0.05) is 11.6 Å². The summed E-state index contributed by atoms with van der Waals surface area (Å²) in [6.45, 7) is 2.55. The fourth-order valence-corrected chi connectivity index (χ4v) is 1.37. The number of hydrogen-bond acceptors (Lipinski definition) is 9. The summed E-state index contributed by atoms with van der Waals surface area (Å²) in [5.74, 6) is 0. The van der Waals surface area contributed by atoms with Crippen LogP contribution in [0.5, 0.6) is 0 Å². The molecular weight excluding hydrogens is 316 g/mol. The molecule has 21 heavy (non-hydrogen) atoms. The lowest BCUT2D eigenvalue weighted by atomic mass is 10.1. The molecule has 122 valence electrons. The highest BCUT2D eigenvalue weighted by atomic mass is 35.5. The van der Waals surface area contributed by atoms with E-state index in [1.807, 2.05) is 0 Å². The summed E-state index contributed by atoms with van der Waals surface area (Å²) in [6.07, 6.45) is -3.16. The van der Waals surface area contributed by atoms with Gasteiger partial charge in [0.15, 0.2) is 5.56 Å². The van der Waals surface area contributed by atoms with Gasteiger partial charge in [0, 0.05) is 0 Å². The molecule has 0 radical (unpaired) electrons. The number of carbonyl (C=O) groups is 1. The Morgan fingerprint density at radius 1 is 1.19 bits per heavy atom. The highest BCUT2D eigenvalue weighted by molar-refractivity contribution is 6.19. The molecule has 12 heteroatoms. The monoisotopic (exact) mass is 330 g/mol. The molecule has 0 aromatic rings. The zero-order chi connectivity index (χ0) is 16.4. The van der Waals surface area contributed by atoms with E-state index in [0.717, 1.165) is 0 Å². The van der Waals surface area contributed by atoms with E-state index >= 15 is 0 Å². The number of carbonyl (C=O) groups excluding carboxylic acids is 1. The minimum Gasteiger partial charge on any atom is -0.434 e. The highest BCUT2D eigenvalue weighted by Gasteiger charge is 2.24. The maximum absolute atomic E-state index is 11.0. The molecule has 0 rings (SSSR count). The lowest BCUT2D eigenvalue weighted by Crippen LogP contribution is -2.33. The molecule has 0 saturated heterocycles. The number of alkyl halides is 1. The van der Waals surface area contributed by atoms with Crippen LogP contribution < -0.4 is 0 Å². The van der Waals surface area contributed by atoms with Gasteiger partial charge >= 0.3 is 6.16 Å². The van der Waals surface area contributed by atoms with Crippen molar-refractivity contribution in [2.75, 3.05) is 6.61 Å². The van der Waals surface area contributed by atoms with Gasteiger partial charge in [-0.05, 0) is 26.7 Å². The molecule has 0 aromatic carbocycles. The zero-order valence-corrected chi connectivity index (χ0v) is 12.1. The Labute approximate surface area is 124 Å². The molecule has 0 saturated carbocycles. The summed E-state index contributed by atoms with van der Waals surface area (Å²) >= 11 is 5.38. The first-order valence-corrected chi connectivity index (χ1v) is 6.25. The molecule has 0 aromatic heterocycles. The third-order valence-electron chi connectivity index (χ3n) is 2.11. The molecule has 0 heterocycles. The van der Waals surface area contributed by atoms with Crippen LogP contribution in [0.25, 0.3) is 0 Å². The third-order valence-corrected chi connectivity index (χ3v) is 2.20. The molecule has 0 aliphatic heterocycles. The van der Waals surface area contributed by atoms with Crippen molar-refractivity contribution in [2.24, 2.45) is 0 Å². The molecule has 0 aliphatic rings. The Morgan fingerprint density at radius 3 is 2.24 bits per heavy atom. The number of hydrogen-bond donors (Lipinski definition) is 0. The molecule has 3 atom stereocenters. The predicted molar refractivity (Wildman–Crippen MR) is 66.4 cm³/mol. The summed E-state index contributed by atoms with van der Waals surface area (Å²) < 4.78 is 9.10. The molecule has 0 N–H and O–H groups in total.